The van der Waals surface area contributed by atoms with Gasteiger partial charge in [-0.25, -0.2) is 4.98 Å². The molecule has 0 atom stereocenters. The summed E-state index contributed by atoms with van der Waals surface area (Å²) in [6.45, 7) is 1.51. The number of aromatic nitrogens is 3. The number of rotatable bonds is 3. The van der Waals surface area contributed by atoms with Gasteiger partial charge in [-0.15, -0.1) is 0 Å². The van der Waals surface area contributed by atoms with Crippen molar-refractivity contribution in [2.24, 2.45) is 0 Å². The summed E-state index contributed by atoms with van der Waals surface area (Å²) in [7, 11) is 0. The van der Waals surface area contributed by atoms with Gasteiger partial charge in [0.05, 0.1) is 27.4 Å². The van der Waals surface area contributed by atoms with Crippen molar-refractivity contribution >= 4 is 42.8 Å². The van der Waals surface area contributed by atoms with E-state index in [0.29, 0.717) is 54.0 Å². The number of aromatic amines is 1. The second-order valence-electron chi connectivity index (χ2n) is 7.39. The first-order valence-electron chi connectivity index (χ1n) is 9.64. The Hall–Kier alpha value is -2.62. The third kappa shape index (κ3) is 3.88. The van der Waals surface area contributed by atoms with Crippen molar-refractivity contribution in [3.8, 4) is 11.4 Å². The molecule has 0 radical (unpaired) electrons. The zero-order valence-electron chi connectivity index (χ0n) is 16.2. The Morgan fingerprint density at radius 2 is 1.97 bits per heavy atom. The number of hydrogen-bond acceptors (Lipinski definition) is 6. The number of nitrogens with one attached hydrogen (secondary N) is 1. The van der Waals surface area contributed by atoms with E-state index in [2.05, 4.69) is 51.7 Å². The summed E-state index contributed by atoms with van der Waals surface area (Å²) in [5, 5.41) is 0.512. The number of H-pyrrole nitrogens is 1. The van der Waals surface area contributed by atoms with Gasteiger partial charge in [0.2, 0.25) is 0 Å². The fraction of sp³-hybridized carbons (Fsp3) is 0.182. The monoisotopic (exact) mass is 542 g/mol. The van der Waals surface area contributed by atoms with E-state index >= 15 is 0 Å². The highest BCUT2D eigenvalue weighted by Crippen LogP contribution is 2.27. The van der Waals surface area contributed by atoms with Crippen molar-refractivity contribution in [2.45, 2.75) is 19.5 Å². The van der Waals surface area contributed by atoms with Crippen LogP contribution < -0.4 is 11.0 Å². The number of hydrogen-bond donors (Lipinski definition) is 1. The van der Waals surface area contributed by atoms with Crippen molar-refractivity contribution in [1.29, 1.82) is 0 Å². The van der Waals surface area contributed by atoms with Crippen LogP contribution in [0.2, 0.25) is 0 Å². The summed E-state index contributed by atoms with van der Waals surface area (Å²) in [5.74, 6) is 0.547. The van der Waals surface area contributed by atoms with Crippen LogP contribution in [-0.2, 0) is 19.5 Å². The normalized spacial score (nSPS) is 14.0. The van der Waals surface area contributed by atoms with E-state index in [1.54, 1.807) is 18.5 Å². The Kier molecular flexibility index (Phi) is 5.33. The van der Waals surface area contributed by atoms with Crippen molar-refractivity contribution in [1.82, 2.24) is 19.9 Å². The average molecular weight is 544 g/mol. The molecule has 0 bridgehead atoms. The van der Waals surface area contributed by atoms with Crippen LogP contribution in [0.5, 0.6) is 0 Å². The largest absolute Gasteiger partial charge is 0.463 e. The molecule has 1 aliphatic heterocycles. The van der Waals surface area contributed by atoms with E-state index in [4.69, 9.17) is 4.42 Å². The highest BCUT2D eigenvalue weighted by atomic mass is 79.9. The molecule has 0 unspecified atom stereocenters. The van der Waals surface area contributed by atoms with Gasteiger partial charge < -0.3 is 9.40 Å². The molecule has 0 saturated carbocycles. The zero-order chi connectivity index (χ0) is 21.5. The fourth-order valence-corrected chi connectivity index (χ4v) is 5.14. The molecule has 4 heterocycles. The summed E-state index contributed by atoms with van der Waals surface area (Å²) >= 11 is 6.85. The Labute approximate surface area is 193 Å². The maximum Gasteiger partial charge on any atom is 0.255 e. The van der Waals surface area contributed by atoms with Crippen LogP contribution in [-0.4, -0.2) is 26.4 Å². The number of benzene rings is 1. The van der Waals surface area contributed by atoms with Crippen LogP contribution in [0.1, 0.15) is 16.8 Å². The molecule has 0 aliphatic carbocycles. The van der Waals surface area contributed by atoms with Crippen LogP contribution in [0.25, 0.3) is 22.4 Å². The lowest BCUT2D eigenvalue weighted by Gasteiger charge is -2.27. The van der Waals surface area contributed by atoms with E-state index in [0.717, 1.165) is 20.2 Å². The lowest BCUT2D eigenvalue weighted by Crippen LogP contribution is -2.36. The van der Waals surface area contributed by atoms with E-state index in [-0.39, 0.29) is 11.0 Å². The molecule has 4 aromatic rings. The maximum absolute atomic E-state index is 13.0. The molecule has 156 valence electrons. The van der Waals surface area contributed by atoms with Crippen LogP contribution in [0.4, 0.5) is 0 Å². The predicted octanol–water partition coefficient (Wildman–Crippen LogP) is 4.02. The van der Waals surface area contributed by atoms with Gasteiger partial charge in [0.15, 0.2) is 11.0 Å². The molecule has 1 aliphatic rings. The van der Waals surface area contributed by atoms with Crippen molar-refractivity contribution in [2.75, 3.05) is 6.54 Å². The van der Waals surface area contributed by atoms with Gasteiger partial charge in [0.25, 0.3) is 5.56 Å². The lowest BCUT2D eigenvalue weighted by molar-refractivity contribution is 0.239. The molecule has 31 heavy (non-hydrogen) atoms. The molecule has 1 aromatic carbocycles. The second-order valence-corrected chi connectivity index (χ2v) is 9.16. The Balaban J connectivity index is 1.44. The smallest absolute Gasteiger partial charge is 0.255 e. The van der Waals surface area contributed by atoms with Gasteiger partial charge in [-0.2, -0.15) is 0 Å². The van der Waals surface area contributed by atoms with Gasteiger partial charge in [-0.3, -0.25) is 19.5 Å². The molecule has 0 spiro atoms. The molecular formula is C22H16Br2N4O3. The standard InChI is InChI=1S/C22H16Br2N4O3/c23-14-7-15-19(29)13(11-31-20(15)17(24)8-14)9-28-6-3-18-16(10-28)22(30)27-21(26-18)12-1-4-25-5-2-12/h1-2,4-5,7-8,11H,3,6,9-10H2,(H,26,27,30). The molecule has 9 heteroatoms. The molecule has 0 amide bonds. The Morgan fingerprint density at radius 1 is 1.16 bits per heavy atom. The topological polar surface area (TPSA) is 92.1 Å². The molecule has 3 aromatic heterocycles. The fourth-order valence-electron chi connectivity index (χ4n) is 3.82. The van der Waals surface area contributed by atoms with Gasteiger partial charge >= 0.3 is 0 Å². The maximum atomic E-state index is 13.0. The van der Waals surface area contributed by atoms with Crippen molar-refractivity contribution < 1.29 is 4.42 Å². The van der Waals surface area contributed by atoms with Gasteiger partial charge in [-0.1, -0.05) is 15.9 Å². The van der Waals surface area contributed by atoms with E-state index in [9.17, 15) is 9.59 Å². The second kappa shape index (κ2) is 8.14. The SMILES string of the molecule is O=c1[nH]c(-c2ccncc2)nc2c1CN(Cc1coc3c(Br)cc(Br)cc3c1=O)CC2. The third-order valence-electron chi connectivity index (χ3n) is 5.36. The molecule has 5 rings (SSSR count). The number of halogens is 2. The summed E-state index contributed by atoms with van der Waals surface area (Å²) in [5.41, 5.74) is 3.10. The van der Waals surface area contributed by atoms with E-state index < -0.39 is 0 Å². The summed E-state index contributed by atoms with van der Waals surface area (Å²) in [6.07, 6.45) is 5.48. The quantitative estimate of drug-likeness (QED) is 0.419. The number of fused-ring (bicyclic) bond motifs is 2. The van der Waals surface area contributed by atoms with Crippen LogP contribution >= 0.6 is 31.9 Å². The molecule has 7 nitrogen and oxygen atoms in total. The molecule has 0 fully saturated rings. The van der Waals surface area contributed by atoms with Crippen LogP contribution in [0.15, 0.2) is 65.9 Å². The first-order chi connectivity index (χ1) is 15.0. The Bertz CT molecular complexity index is 1420. The minimum atomic E-state index is -0.153. The van der Waals surface area contributed by atoms with Gasteiger partial charge in [0, 0.05) is 54.0 Å². The number of nitrogens with zero attached hydrogens (tertiary/aromatic N) is 3. The predicted molar refractivity (Wildman–Crippen MR) is 124 cm³/mol. The van der Waals surface area contributed by atoms with E-state index in [1.165, 1.54) is 6.26 Å². The van der Waals surface area contributed by atoms with Gasteiger partial charge in [0.1, 0.15) is 5.82 Å². The van der Waals surface area contributed by atoms with Crippen LogP contribution in [0, 0.1) is 0 Å². The van der Waals surface area contributed by atoms with Crippen molar-refractivity contribution in [3.05, 3.63) is 89.3 Å². The summed E-state index contributed by atoms with van der Waals surface area (Å²) in [6, 6.07) is 7.23. The first kappa shape index (κ1) is 20.3. The molecular weight excluding hydrogens is 528 g/mol. The van der Waals surface area contributed by atoms with Crippen molar-refractivity contribution in [3.63, 3.8) is 0 Å². The first-order valence-corrected chi connectivity index (χ1v) is 11.2. The number of pyridine rings is 1. The molecule has 1 N–H and O–H groups in total. The molecule has 0 saturated heterocycles. The minimum absolute atomic E-state index is 0.0749. The lowest BCUT2D eigenvalue weighted by atomic mass is 10.1. The van der Waals surface area contributed by atoms with E-state index in [1.807, 2.05) is 18.2 Å². The highest BCUT2D eigenvalue weighted by molar-refractivity contribution is 9.11. The summed E-state index contributed by atoms with van der Waals surface area (Å²) < 4.78 is 7.24. The highest BCUT2D eigenvalue weighted by Gasteiger charge is 2.23. The van der Waals surface area contributed by atoms with Gasteiger partial charge in [-0.05, 0) is 40.2 Å². The summed E-state index contributed by atoms with van der Waals surface area (Å²) in [4.78, 5) is 39.4. The third-order valence-corrected chi connectivity index (χ3v) is 6.41. The van der Waals surface area contributed by atoms with Crippen LogP contribution in [0.3, 0.4) is 0 Å². The Morgan fingerprint density at radius 3 is 2.77 bits per heavy atom. The average Bonchev–Trinajstić information content (AvgIpc) is 2.77. The minimum Gasteiger partial charge on any atom is -0.463 e. The zero-order valence-corrected chi connectivity index (χ0v) is 19.4.